The van der Waals surface area contributed by atoms with Gasteiger partial charge in [-0.25, -0.2) is 17.5 Å². The van der Waals surface area contributed by atoms with E-state index in [9.17, 15) is 17.6 Å². The smallest absolute Gasteiger partial charge is 0.242 e. The van der Waals surface area contributed by atoms with E-state index < -0.39 is 15.8 Å². The number of hydrogen-bond donors (Lipinski definition) is 2. The Hall–Kier alpha value is -2.32. The topological polar surface area (TPSA) is 88.2 Å². The largest absolute Gasteiger partial charge is 0.352 e. The maximum absolute atomic E-state index is 13.4. The van der Waals surface area contributed by atoms with Crippen LogP contribution in [0.15, 0.2) is 53.7 Å². The first-order valence-electron chi connectivity index (χ1n) is 6.89. The van der Waals surface area contributed by atoms with Crippen LogP contribution in [0, 0.1) is 5.82 Å². The highest BCUT2D eigenvalue weighted by molar-refractivity contribution is 7.89. The van der Waals surface area contributed by atoms with Crippen molar-refractivity contribution in [3.05, 3.63) is 60.2 Å². The SMILES string of the molecule is O=C(CCNS(=O)(=O)c1cccnc1)NCc1ccccc1F. The van der Waals surface area contributed by atoms with Gasteiger partial charge in [-0.2, -0.15) is 0 Å². The van der Waals surface area contributed by atoms with Crippen LogP contribution in [0.5, 0.6) is 0 Å². The van der Waals surface area contributed by atoms with Gasteiger partial charge in [0.2, 0.25) is 15.9 Å². The minimum absolute atomic E-state index is 0.0340. The lowest BCUT2D eigenvalue weighted by Gasteiger charge is -2.08. The molecule has 0 saturated carbocycles. The van der Waals surface area contributed by atoms with Gasteiger partial charge in [0.1, 0.15) is 10.7 Å². The molecule has 2 aromatic rings. The van der Waals surface area contributed by atoms with Gasteiger partial charge in [0.05, 0.1) is 0 Å². The molecule has 0 aliphatic rings. The molecule has 0 unspecified atom stereocenters. The van der Waals surface area contributed by atoms with E-state index in [-0.39, 0.29) is 30.3 Å². The fourth-order valence-electron chi connectivity index (χ4n) is 1.81. The lowest BCUT2D eigenvalue weighted by molar-refractivity contribution is -0.121. The summed E-state index contributed by atoms with van der Waals surface area (Å²) in [6.45, 7) is 0.00119. The second-order valence-electron chi connectivity index (χ2n) is 4.70. The number of halogens is 1. The van der Waals surface area contributed by atoms with Crippen LogP contribution in [0.1, 0.15) is 12.0 Å². The first-order chi connectivity index (χ1) is 11.0. The summed E-state index contributed by atoms with van der Waals surface area (Å²) >= 11 is 0. The van der Waals surface area contributed by atoms with E-state index in [4.69, 9.17) is 0 Å². The van der Waals surface area contributed by atoms with Crippen molar-refractivity contribution in [2.75, 3.05) is 6.54 Å². The molecule has 0 saturated heterocycles. The summed E-state index contributed by atoms with van der Waals surface area (Å²) in [6, 6.07) is 9.04. The zero-order valence-corrected chi connectivity index (χ0v) is 13.0. The first kappa shape index (κ1) is 17.0. The number of sulfonamides is 1. The summed E-state index contributed by atoms with van der Waals surface area (Å²) in [5, 5.41) is 2.54. The Labute approximate surface area is 133 Å². The van der Waals surface area contributed by atoms with Crippen molar-refractivity contribution in [1.29, 1.82) is 0 Å². The highest BCUT2D eigenvalue weighted by atomic mass is 32.2. The van der Waals surface area contributed by atoms with E-state index in [1.807, 2.05) is 0 Å². The van der Waals surface area contributed by atoms with Crippen molar-refractivity contribution in [2.24, 2.45) is 0 Å². The summed E-state index contributed by atoms with van der Waals surface area (Å²) in [6.07, 6.45) is 2.64. The molecule has 1 amide bonds. The Bertz CT molecular complexity index is 767. The Kier molecular flexibility index (Phi) is 5.78. The van der Waals surface area contributed by atoms with Crippen LogP contribution >= 0.6 is 0 Å². The van der Waals surface area contributed by atoms with Crippen molar-refractivity contribution in [1.82, 2.24) is 15.0 Å². The van der Waals surface area contributed by atoms with E-state index in [1.165, 1.54) is 30.6 Å². The zero-order valence-electron chi connectivity index (χ0n) is 12.2. The number of rotatable bonds is 7. The Morgan fingerprint density at radius 1 is 1.17 bits per heavy atom. The van der Waals surface area contributed by atoms with Crippen LogP contribution in [0.3, 0.4) is 0 Å². The van der Waals surface area contributed by atoms with Crippen molar-refractivity contribution < 1.29 is 17.6 Å². The number of hydrogen-bond acceptors (Lipinski definition) is 4. The van der Waals surface area contributed by atoms with Crippen molar-refractivity contribution in [3.8, 4) is 0 Å². The van der Waals surface area contributed by atoms with E-state index in [1.54, 1.807) is 18.2 Å². The van der Waals surface area contributed by atoms with Gasteiger partial charge in [-0.05, 0) is 18.2 Å². The van der Waals surface area contributed by atoms with Crippen LogP contribution < -0.4 is 10.0 Å². The molecular weight excluding hydrogens is 321 g/mol. The van der Waals surface area contributed by atoms with Gasteiger partial charge < -0.3 is 5.32 Å². The number of carbonyl (C=O) groups excluding carboxylic acids is 1. The Morgan fingerprint density at radius 3 is 2.65 bits per heavy atom. The molecule has 122 valence electrons. The molecule has 0 atom stereocenters. The number of nitrogens with zero attached hydrogens (tertiary/aromatic N) is 1. The molecule has 0 aliphatic carbocycles. The molecule has 1 aromatic carbocycles. The zero-order chi connectivity index (χ0) is 16.7. The number of benzene rings is 1. The molecular formula is C15H16FN3O3S. The molecule has 0 bridgehead atoms. The predicted molar refractivity (Wildman–Crippen MR) is 82.3 cm³/mol. The molecule has 1 heterocycles. The number of amides is 1. The number of carbonyl (C=O) groups is 1. The highest BCUT2D eigenvalue weighted by Crippen LogP contribution is 2.06. The van der Waals surface area contributed by atoms with Gasteiger partial charge in [-0.3, -0.25) is 9.78 Å². The first-order valence-corrected chi connectivity index (χ1v) is 8.37. The maximum Gasteiger partial charge on any atom is 0.242 e. The molecule has 8 heteroatoms. The Morgan fingerprint density at radius 2 is 1.96 bits per heavy atom. The normalized spacial score (nSPS) is 11.2. The van der Waals surface area contributed by atoms with E-state index in [0.29, 0.717) is 5.56 Å². The molecule has 2 rings (SSSR count). The van der Waals surface area contributed by atoms with Gasteiger partial charge >= 0.3 is 0 Å². The van der Waals surface area contributed by atoms with E-state index in [2.05, 4.69) is 15.0 Å². The number of aromatic nitrogens is 1. The third-order valence-electron chi connectivity index (χ3n) is 3.02. The Balaban J connectivity index is 1.78. The van der Waals surface area contributed by atoms with E-state index >= 15 is 0 Å². The summed E-state index contributed by atoms with van der Waals surface area (Å²) < 4.78 is 39.5. The second-order valence-corrected chi connectivity index (χ2v) is 6.47. The van der Waals surface area contributed by atoms with E-state index in [0.717, 1.165) is 0 Å². The molecule has 0 radical (unpaired) electrons. The van der Waals surface area contributed by atoms with Crippen LogP contribution in [-0.4, -0.2) is 25.9 Å². The summed E-state index contributed by atoms with van der Waals surface area (Å²) in [5.74, 6) is -0.771. The summed E-state index contributed by atoms with van der Waals surface area (Å²) in [5.41, 5.74) is 0.372. The van der Waals surface area contributed by atoms with Crippen molar-refractivity contribution in [2.45, 2.75) is 17.9 Å². The third kappa shape index (κ3) is 5.11. The lowest BCUT2D eigenvalue weighted by Crippen LogP contribution is -2.30. The van der Waals surface area contributed by atoms with Gasteiger partial charge in [0.25, 0.3) is 0 Å². The third-order valence-corrected chi connectivity index (χ3v) is 4.47. The van der Waals surface area contributed by atoms with Crippen LogP contribution in [0.2, 0.25) is 0 Å². The van der Waals surface area contributed by atoms with Gasteiger partial charge in [-0.15, -0.1) is 0 Å². The second kappa shape index (κ2) is 7.80. The molecule has 1 aromatic heterocycles. The average Bonchev–Trinajstić information content (AvgIpc) is 2.55. The fraction of sp³-hybridized carbons (Fsp3) is 0.200. The molecule has 23 heavy (non-hydrogen) atoms. The van der Waals surface area contributed by atoms with Crippen LogP contribution in [0.25, 0.3) is 0 Å². The molecule has 0 aliphatic heterocycles. The van der Waals surface area contributed by atoms with Gasteiger partial charge in [0.15, 0.2) is 0 Å². The minimum Gasteiger partial charge on any atom is -0.352 e. The quantitative estimate of drug-likeness (QED) is 0.795. The van der Waals surface area contributed by atoms with Gasteiger partial charge in [0, 0.05) is 37.5 Å². The maximum atomic E-state index is 13.4. The average molecular weight is 337 g/mol. The molecule has 0 fully saturated rings. The molecule has 0 spiro atoms. The number of nitrogens with one attached hydrogen (secondary N) is 2. The standard InChI is InChI=1S/C15H16FN3O3S/c16-14-6-2-1-4-12(14)10-18-15(20)7-9-19-23(21,22)13-5-3-8-17-11-13/h1-6,8,11,19H,7,9-10H2,(H,18,20). The monoisotopic (exact) mass is 337 g/mol. The van der Waals surface area contributed by atoms with Crippen molar-refractivity contribution >= 4 is 15.9 Å². The fourth-order valence-corrected chi connectivity index (χ4v) is 2.81. The van der Waals surface area contributed by atoms with Gasteiger partial charge in [-0.1, -0.05) is 18.2 Å². The van der Waals surface area contributed by atoms with Crippen LogP contribution in [0.4, 0.5) is 4.39 Å². The predicted octanol–water partition coefficient (Wildman–Crippen LogP) is 1.21. The molecule has 2 N–H and O–H groups in total. The summed E-state index contributed by atoms with van der Waals surface area (Å²) in [4.78, 5) is 15.4. The minimum atomic E-state index is -3.68. The molecule has 6 nitrogen and oxygen atoms in total. The lowest BCUT2D eigenvalue weighted by atomic mass is 10.2. The summed E-state index contributed by atoms with van der Waals surface area (Å²) in [7, 11) is -3.68. The van der Waals surface area contributed by atoms with Crippen LogP contribution in [-0.2, 0) is 21.4 Å². The van der Waals surface area contributed by atoms with Crippen molar-refractivity contribution in [3.63, 3.8) is 0 Å². The highest BCUT2D eigenvalue weighted by Gasteiger charge is 2.14. The number of pyridine rings is 1.